The Morgan fingerprint density at radius 1 is 1.83 bits per heavy atom. The number of carbonyl (C=O) groups is 1. The first kappa shape index (κ1) is 8.51. The number of carbonyl (C=O) groups excluding carboxylic acids is 1. The summed E-state index contributed by atoms with van der Waals surface area (Å²) in [6.07, 6.45) is 0.141. The van der Waals surface area contributed by atoms with Crippen LogP contribution in [-0.2, 0) is 4.79 Å². The second-order valence-electron chi connectivity index (χ2n) is 2.55. The molecule has 1 amide bonds. The number of nitrogens with zero attached hydrogens (tertiary/aromatic N) is 1. The molecule has 0 saturated carbocycles. The topological polar surface area (TPSA) is 102 Å². The second-order valence-corrected chi connectivity index (χ2v) is 2.55. The largest absolute Gasteiger partial charge is 0.438 e. The van der Waals surface area contributed by atoms with Gasteiger partial charge >= 0.3 is 5.76 Å². The summed E-state index contributed by atoms with van der Waals surface area (Å²) in [6, 6.07) is 0. The first-order valence-electron chi connectivity index (χ1n) is 3.44. The maximum absolute atomic E-state index is 10.5. The Kier molecular flexibility index (Phi) is 2.27. The number of nitrogens with one attached hydrogen (secondary N) is 1. The first-order chi connectivity index (χ1) is 5.59. The molecule has 0 radical (unpaired) electrons. The van der Waals surface area contributed by atoms with Gasteiger partial charge in [-0.1, -0.05) is 12.1 Å². The van der Waals surface area contributed by atoms with Crippen LogP contribution in [0, 0.1) is 0 Å². The molecule has 0 aliphatic carbocycles. The van der Waals surface area contributed by atoms with E-state index in [-0.39, 0.29) is 12.3 Å². The average Bonchev–Trinajstić information content (AvgIpc) is 2.34. The van der Waals surface area contributed by atoms with E-state index in [1.165, 1.54) is 0 Å². The standard InChI is InChI=1S/C6H9N3O3/c1-3(2-4(7)10)5-8-6(11)12-9-5/h3H,2H2,1H3,(H2,7,10)(H,8,9,11). The Morgan fingerprint density at radius 3 is 2.92 bits per heavy atom. The minimum atomic E-state index is -0.624. The van der Waals surface area contributed by atoms with Crippen LogP contribution < -0.4 is 11.5 Å². The van der Waals surface area contributed by atoms with Crippen LogP contribution in [0.5, 0.6) is 0 Å². The van der Waals surface area contributed by atoms with E-state index in [9.17, 15) is 9.59 Å². The SMILES string of the molecule is CC(CC(N)=O)c1noc(=O)[nH]1. The van der Waals surface area contributed by atoms with Gasteiger partial charge in [0.15, 0.2) is 5.82 Å². The van der Waals surface area contributed by atoms with Crippen molar-refractivity contribution in [1.29, 1.82) is 0 Å². The number of amides is 1. The molecule has 0 aliphatic heterocycles. The fourth-order valence-electron chi connectivity index (χ4n) is 0.852. The molecule has 0 saturated heterocycles. The minimum absolute atomic E-state index is 0.141. The Hall–Kier alpha value is -1.59. The number of aromatic amines is 1. The molecule has 3 N–H and O–H groups in total. The summed E-state index contributed by atoms with van der Waals surface area (Å²) in [5.41, 5.74) is 4.95. The molecule has 1 rings (SSSR count). The first-order valence-corrected chi connectivity index (χ1v) is 3.44. The molecule has 1 atom stereocenters. The molecule has 1 aromatic heterocycles. The number of H-pyrrole nitrogens is 1. The second kappa shape index (κ2) is 3.21. The lowest BCUT2D eigenvalue weighted by atomic mass is 10.1. The van der Waals surface area contributed by atoms with Crippen molar-refractivity contribution < 1.29 is 9.32 Å². The van der Waals surface area contributed by atoms with E-state index in [0.29, 0.717) is 5.82 Å². The molecule has 0 bridgehead atoms. The average molecular weight is 171 g/mol. The van der Waals surface area contributed by atoms with Gasteiger partial charge in [0.25, 0.3) is 0 Å². The van der Waals surface area contributed by atoms with Crippen molar-refractivity contribution in [2.75, 3.05) is 0 Å². The van der Waals surface area contributed by atoms with Crippen molar-refractivity contribution in [2.24, 2.45) is 5.73 Å². The summed E-state index contributed by atoms with van der Waals surface area (Å²) >= 11 is 0. The number of hydrogen-bond acceptors (Lipinski definition) is 4. The predicted octanol–water partition coefficient (Wildman–Crippen LogP) is -0.658. The maximum atomic E-state index is 10.5. The van der Waals surface area contributed by atoms with E-state index in [1.807, 2.05) is 0 Å². The fourth-order valence-corrected chi connectivity index (χ4v) is 0.852. The number of hydrogen-bond donors (Lipinski definition) is 2. The highest BCUT2D eigenvalue weighted by Gasteiger charge is 2.12. The lowest BCUT2D eigenvalue weighted by molar-refractivity contribution is -0.118. The van der Waals surface area contributed by atoms with Crippen molar-refractivity contribution >= 4 is 5.91 Å². The van der Waals surface area contributed by atoms with Crippen LogP contribution >= 0.6 is 0 Å². The predicted molar refractivity (Wildman–Crippen MR) is 39.4 cm³/mol. The van der Waals surface area contributed by atoms with Crippen LogP contribution in [0.15, 0.2) is 9.32 Å². The number of aromatic nitrogens is 2. The van der Waals surface area contributed by atoms with Crippen molar-refractivity contribution in [3.05, 3.63) is 16.4 Å². The van der Waals surface area contributed by atoms with Crippen LogP contribution in [0.25, 0.3) is 0 Å². The molecule has 6 heteroatoms. The summed E-state index contributed by atoms with van der Waals surface area (Å²) in [5, 5.41) is 3.42. The molecule has 0 aromatic carbocycles. The molecule has 66 valence electrons. The van der Waals surface area contributed by atoms with Crippen molar-refractivity contribution in [3.63, 3.8) is 0 Å². The van der Waals surface area contributed by atoms with Gasteiger partial charge in [-0.25, -0.2) is 4.79 Å². The van der Waals surface area contributed by atoms with Gasteiger partial charge in [0, 0.05) is 12.3 Å². The van der Waals surface area contributed by atoms with Gasteiger partial charge in [-0.2, -0.15) is 0 Å². The summed E-state index contributed by atoms with van der Waals surface area (Å²) in [7, 11) is 0. The van der Waals surface area contributed by atoms with E-state index in [1.54, 1.807) is 6.92 Å². The zero-order chi connectivity index (χ0) is 9.14. The van der Waals surface area contributed by atoms with Crippen molar-refractivity contribution in [2.45, 2.75) is 19.3 Å². The highest BCUT2D eigenvalue weighted by molar-refractivity contribution is 5.74. The molecule has 12 heavy (non-hydrogen) atoms. The molecular weight excluding hydrogens is 162 g/mol. The third-order valence-corrected chi connectivity index (χ3v) is 1.43. The van der Waals surface area contributed by atoms with E-state index >= 15 is 0 Å². The van der Waals surface area contributed by atoms with E-state index in [4.69, 9.17) is 5.73 Å². The summed E-state index contributed by atoms with van der Waals surface area (Å²) < 4.78 is 4.25. The quantitative estimate of drug-likeness (QED) is 0.630. The lowest BCUT2D eigenvalue weighted by Crippen LogP contribution is -2.14. The Labute approximate surface area is 67.7 Å². The summed E-state index contributed by atoms with van der Waals surface area (Å²) in [6.45, 7) is 1.72. The Balaban J connectivity index is 2.71. The highest BCUT2D eigenvalue weighted by atomic mass is 16.5. The zero-order valence-electron chi connectivity index (χ0n) is 6.53. The molecule has 0 spiro atoms. The molecule has 0 fully saturated rings. The van der Waals surface area contributed by atoms with Gasteiger partial charge in [-0.3, -0.25) is 14.3 Å². The summed E-state index contributed by atoms with van der Waals surface area (Å²) in [5.74, 6) is -0.930. The smallest absolute Gasteiger partial charge is 0.370 e. The Morgan fingerprint density at radius 2 is 2.50 bits per heavy atom. The van der Waals surface area contributed by atoms with Gasteiger partial charge in [0.05, 0.1) is 0 Å². The monoisotopic (exact) mass is 171 g/mol. The zero-order valence-corrected chi connectivity index (χ0v) is 6.53. The molecule has 1 aromatic rings. The lowest BCUT2D eigenvalue weighted by Gasteiger charge is -2.01. The van der Waals surface area contributed by atoms with Gasteiger partial charge in [0.2, 0.25) is 5.91 Å². The van der Waals surface area contributed by atoms with E-state index < -0.39 is 11.7 Å². The molecule has 1 heterocycles. The van der Waals surface area contributed by atoms with Gasteiger partial charge in [-0.05, 0) is 0 Å². The van der Waals surface area contributed by atoms with Crippen LogP contribution in [0.1, 0.15) is 25.1 Å². The molecule has 0 aliphatic rings. The highest BCUT2D eigenvalue weighted by Crippen LogP contribution is 2.11. The van der Waals surface area contributed by atoms with Gasteiger partial charge < -0.3 is 5.73 Å². The molecular formula is C6H9N3O3. The van der Waals surface area contributed by atoms with Crippen LogP contribution in [0.4, 0.5) is 0 Å². The third kappa shape index (κ3) is 1.94. The fraction of sp³-hybridized carbons (Fsp3) is 0.500. The third-order valence-electron chi connectivity index (χ3n) is 1.43. The van der Waals surface area contributed by atoms with Crippen molar-refractivity contribution in [1.82, 2.24) is 10.1 Å². The molecule has 1 unspecified atom stereocenters. The Bertz CT molecular complexity index is 327. The number of nitrogens with two attached hydrogens (primary N) is 1. The summed E-state index contributed by atoms with van der Waals surface area (Å²) in [4.78, 5) is 23.3. The van der Waals surface area contributed by atoms with Gasteiger partial charge in [-0.15, -0.1) is 0 Å². The van der Waals surface area contributed by atoms with E-state index in [0.717, 1.165) is 0 Å². The van der Waals surface area contributed by atoms with Crippen LogP contribution in [-0.4, -0.2) is 16.0 Å². The van der Waals surface area contributed by atoms with Crippen LogP contribution in [0.3, 0.4) is 0 Å². The van der Waals surface area contributed by atoms with Crippen molar-refractivity contribution in [3.8, 4) is 0 Å². The normalized spacial score (nSPS) is 12.8. The van der Waals surface area contributed by atoms with Crippen LogP contribution in [0.2, 0.25) is 0 Å². The maximum Gasteiger partial charge on any atom is 0.438 e. The van der Waals surface area contributed by atoms with Gasteiger partial charge in [0.1, 0.15) is 0 Å². The minimum Gasteiger partial charge on any atom is -0.370 e. The molecule has 6 nitrogen and oxygen atoms in total. The van der Waals surface area contributed by atoms with E-state index in [2.05, 4.69) is 14.7 Å². The number of primary amides is 1. The number of rotatable bonds is 3.